The van der Waals surface area contributed by atoms with Crippen molar-refractivity contribution in [2.45, 2.75) is 13.8 Å². The quantitative estimate of drug-likeness (QED) is 0.744. The molecule has 0 aliphatic carbocycles. The first-order chi connectivity index (χ1) is 10.1. The lowest BCUT2D eigenvalue weighted by molar-refractivity contribution is 1.00. The van der Waals surface area contributed by atoms with Crippen LogP contribution in [0.4, 0.5) is 11.5 Å². The number of pyridine rings is 1. The van der Waals surface area contributed by atoms with Crippen molar-refractivity contribution in [2.75, 3.05) is 5.32 Å². The summed E-state index contributed by atoms with van der Waals surface area (Å²) >= 11 is 12.2. The minimum atomic E-state index is 0.414. The van der Waals surface area contributed by atoms with E-state index in [0.717, 1.165) is 27.7 Å². The Hall–Kier alpha value is -1.91. The van der Waals surface area contributed by atoms with E-state index in [1.807, 2.05) is 38.1 Å². The Balaban J connectivity index is 2.11. The fraction of sp³-hybridized carbons (Fsp3) is 0.133. The van der Waals surface area contributed by atoms with Gasteiger partial charge in [-0.05, 0) is 49.2 Å². The SMILES string of the molecule is Cc1c(Cl)nnc(Nc2ccc(Cl)c3cccnc23)c1C. The van der Waals surface area contributed by atoms with Gasteiger partial charge >= 0.3 is 0 Å². The zero-order chi connectivity index (χ0) is 15.0. The molecule has 1 aromatic carbocycles. The second-order valence-electron chi connectivity index (χ2n) is 4.71. The molecule has 3 rings (SSSR count). The highest BCUT2D eigenvalue weighted by atomic mass is 35.5. The lowest BCUT2D eigenvalue weighted by atomic mass is 10.1. The van der Waals surface area contributed by atoms with Crippen LogP contribution in [-0.2, 0) is 0 Å². The van der Waals surface area contributed by atoms with E-state index in [2.05, 4.69) is 20.5 Å². The van der Waals surface area contributed by atoms with E-state index in [0.29, 0.717) is 16.0 Å². The zero-order valence-electron chi connectivity index (χ0n) is 11.5. The number of nitrogens with one attached hydrogen (secondary N) is 1. The van der Waals surface area contributed by atoms with Gasteiger partial charge in [0.1, 0.15) is 0 Å². The van der Waals surface area contributed by atoms with Crippen molar-refractivity contribution in [3.63, 3.8) is 0 Å². The number of benzene rings is 1. The van der Waals surface area contributed by atoms with Gasteiger partial charge in [0, 0.05) is 11.6 Å². The fourth-order valence-electron chi connectivity index (χ4n) is 2.06. The number of aromatic nitrogens is 3. The van der Waals surface area contributed by atoms with Gasteiger partial charge in [0.15, 0.2) is 11.0 Å². The Morgan fingerprint density at radius 2 is 1.81 bits per heavy atom. The smallest absolute Gasteiger partial charge is 0.156 e. The molecule has 0 saturated heterocycles. The largest absolute Gasteiger partial charge is 0.337 e. The molecule has 0 saturated carbocycles. The molecule has 0 unspecified atom stereocenters. The molecule has 0 bridgehead atoms. The predicted molar refractivity (Wildman–Crippen MR) is 86.6 cm³/mol. The first-order valence-electron chi connectivity index (χ1n) is 6.37. The van der Waals surface area contributed by atoms with E-state index < -0.39 is 0 Å². The molecule has 4 nitrogen and oxygen atoms in total. The fourth-order valence-corrected chi connectivity index (χ4v) is 2.46. The number of halogens is 2. The molecule has 0 aliphatic rings. The predicted octanol–water partition coefficient (Wildman–Crippen LogP) is 4.69. The van der Waals surface area contributed by atoms with Gasteiger partial charge < -0.3 is 5.32 Å². The molecule has 2 aromatic heterocycles. The number of anilines is 2. The second-order valence-corrected chi connectivity index (χ2v) is 5.47. The van der Waals surface area contributed by atoms with Gasteiger partial charge in [0.05, 0.1) is 16.2 Å². The van der Waals surface area contributed by atoms with Crippen LogP contribution in [0, 0.1) is 13.8 Å². The highest BCUT2D eigenvalue weighted by molar-refractivity contribution is 6.35. The summed E-state index contributed by atoms with van der Waals surface area (Å²) in [7, 11) is 0. The molecule has 3 aromatic rings. The van der Waals surface area contributed by atoms with Crippen LogP contribution in [0.15, 0.2) is 30.5 Å². The van der Waals surface area contributed by atoms with Crippen LogP contribution >= 0.6 is 23.2 Å². The number of hydrogen-bond donors (Lipinski definition) is 1. The van der Waals surface area contributed by atoms with Gasteiger partial charge in [-0.3, -0.25) is 4.98 Å². The van der Waals surface area contributed by atoms with Crippen molar-refractivity contribution < 1.29 is 0 Å². The average Bonchev–Trinajstić information content (AvgIpc) is 2.50. The van der Waals surface area contributed by atoms with Gasteiger partial charge in [-0.1, -0.05) is 23.2 Å². The van der Waals surface area contributed by atoms with Crippen LogP contribution in [0.5, 0.6) is 0 Å². The van der Waals surface area contributed by atoms with Crippen LogP contribution in [0.25, 0.3) is 10.9 Å². The zero-order valence-corrected chi connectivity index (χ0v) is 13.0. The molecule has 0 aliphatic heterocycles. The van der Waals surface area contributed by atoms with E-state index in [4.69, 9.17) is 23.2 Å². The van der Waals surface area contributed by atoms with Crippen molar-refractivity contribution >= 4 is 45.6 Å². The van der Waals surface area contributed by atoms with Crippen molar-refractivity contribution in [1.82, 2.24) is 15.2 Å². The van der Waals surface area contributed by atoms with E-state index in [1.54, 1.807) is 6.20 Å². The highest BCUT2D eigenvalue weighted by Gasteiger charge is 2.11. The lowest BCUT2D eigenvalue weighted by Crippen LogP contribution is -2.02. The third kappa shape index (κ3) is 2.52. The Morgan fingerprint density at radius 3 is 2.62 bits per heavy atom. The van der Waals surface area contributed by atoms with E-state index in [1.165, 1.54) is 0 Å². The number of hydrogen-bond acceptors (Lipinski definition) is 4. The number of fused-ring (bicyclic) bond motifs is 1. The Labute approximate surface area is 132 Å². The molecule has 2 heterocycles. The summed E-state index contributed by atoms with van der Waals surface area (Å²) in [5.74, 6) is 0.658. The van der Waals surface area contributed by atoms with Crippen molar-refractivity contribution in [3.05, 3.63) is 51.8 Å². The summed E-state index contributed by atoms with van der Waals surface area (Å²) in [6, 6.07) is 7.50. The first kappa shape index (κ1) is 14.0. The summed E-state index contributed by atoms with van der Waals surface area (Å²) in [4.78, 5) is 4.39. The minimum Gasteiger partial charge on any atom is -0.337 e. The highest BCUT2D eigenvalue weighted by Crippen LogP contribution is 2.31. The van der Waals surface area contributed by atoms with Gasteiger partial charge in [-0.15, -0.1) is 10.2 Å². The standard InChI is InChI=1S/C15H12Cl2N4/c1-8-9(2)15(21-20-14(8)17)19-12-6-5-11(16)10-4-3-7-18-13(10)12/h3-7H,1-2H3,(H,19,21). The van der Waals surface area contributed by atoms with Crippen LogP contribution in [0.2, 0.25) is 10.2 Å². The van der Waals surface area contributed by atoms with Crippen molar-refractivity contribution in [2.24, 2.45) is 0 Å². The van der Waals surface area contributed by atoms with E-state index in [-0.39, 0.29) is 0 Å². The molecular formula is C15H12Cl2N4. The van der Waals surface area contributed by atoms with Crippen molar-refractivity contribution in [3.8, 4) is 0 Å². The maximum atomic E-state index is 6.20. The van der Waals surface area contributed by atoms with E-state index >= 15 is 0 Å². The molecule has 0 fully saturated rings. The monoisotopic (exact) mass is 318 g/mol. The second kappa shape index (κ2) is 5.47. The van der Waals surface area contributed by atoms with Gasteiger partial charge in [-0.2, -0.15) is 0 Å². The Morgan fingerprint density at radius 1 is 1.00 bits per heavy atom. The Bertz CT molecular complexity index is 833. The molecule has 0 atom stereocenters. The summed E-state index contributed by atoms with van der Waals surface area (Å²) in [5.41, 5.74) is 3.47. The van der Waals surface area contributed by atoms with Crippen LogP contribution in [-0.4, -0.2) is 15.2 Å². The molecule has 6 heteroatoms. The molecule has 0 radical (unpaired) electrons. The average molecular weight is 319 g/mol. The summed E-state index contributed by atoms with van der Waals surface area (Å²) in [6.07, 6.45) is 1.73. The molecule has 1 N–H and O–H groups in total. The van der Waals surface area contributed by atoms with Gasteiger partial charge in [0.25, 0.3) is 0 Å². The number of rotatable bonds is 2. The molecule has 0 amide bonds. The van der Waals surface area contributed by atoms with Crippen LogP contribution < -0.4 is 5.32 Å². The Kier molecular flexibility index (Phi) is 3.66. The number of nitrogens with zero attached hydrogens (tertiary/aromatic N) is 3. The van der Waals surface area contributed by atoms with Crippen LogP contribution in [0.1, 0.15) is 11.1 Å². The van der Waals surface area contributed by atoms with Crippen molar-refractivity contribution in [1.29, 1.82) is 0 Å². The molecule has 0 spiro atoms. The normalized spacial score (nSPS) is 10.9. The maximum absolute atomic E-state index is 6.20. The van der Waals surface area contributed by atoms with E-state index in [9.17, 15) is 0 Å². The third-order valence-electron chi connectivity index (χ3n) is 3.43. The maximum Gasteiger partial charge on any atom is 0.156 e. The van der Waals surface area contributed by atoms with Crippen LogP contribution in [0.3, 0.4) is 0 Å². The lowest BCUT2D eigenvalue weighted by Gasteiger charge is -2.12. The summed E-state index contributed by atoms with van der Waals surface area (Å²) < 4.78 is 0. The molecule has 21 heavy (non-hydrogen) atoms. The summed E-state index contributed by atoms with van der Waals surface area (Å²) in [5, 5.41) is 13.3. The van der Waals surface area contributed by atoms with Gasteiger partial charge in [-0.25, -0.2) is 0 Å². The topological polar surface area (TPSA) is 50.7 Å². The molecule has 106 valence electrons. The first-order valence-corrected chi connectivity index (χ1v) is 7.13. The molecular weight excluding hydrogens is 307 g/mol. The summed E-state index contributed by atoms with van der Waals surface area (Å²) in [6.45, 7) is 3.86. The minimum absolute atomic E-state index is 0.414. The third-order valence-corrected chi connectivity index (χ3v) is 4.12. The van der Waals surface area contributed by atoms with Gasteiger partial charge in [0.2, 0.25) is 0 Å².